The zero-order valence-corrected chi connectivity index (χ0v) is 10.9. The average molecular weight is 230 g/mol. The Morgan fingerprint density at radius 1 is 1.56 bits per heavy atom. The number of nitrogens with zero attached hydrogens (tertiary/aromatic N) is 1. The highest BCUT2D eigenvalue weighted by Crippen LogP contribution is 2.17. The third-order valence-corrected chi connectivity index (χ3v) is 3.19. The van der Waals surface area contributed by atoms with Crippen molar-refractivity contribution in [2.75, 3.05) is 53.6 Å². The highest BCUT2D eigenvalue weighted by atomic mass is 16.5. The molecular formula is C12H26N2O2. The van der Waals surface area contributed by atoms with Crippen molar-refractivity contribution in [3.63, 3.8) is 0 Å². The normalized spacial score (nSPS) is 22.9. The standard InChI is InChI=1S/C12H26N2O2/c1-4-13-12(11-5-7-16-10-11)9-14(2)6-8-15-3/h11-13H,4-10H2,1-3H3. The molecule has 4 heteroatoms. The van der Waals surface area contributed by atoms with E-state index < -0.39 is 0 Å². The smallest absolute Gasteiger partial charge is 0.0589 e. The summed E-state index contributed by atoms with van der Waals surface area (Å²) in [6, 6.07) is 0.550. The van der Waals surface area contributed by atoms with E-state index in [1.807, 2.05) is 0 Å². The largest absolute Gasteiger partial charge is 0.383 e. The zero-order valence-electron chi connectivity index (χ0n) is 10.9. The summed E-state index contributed by atoms with van der Waals surface area (Å²) in [5, 5.41) is 3.57. The van der Waals surface area contributed by atoms with Crippen LogP contribution in [0, 0.1) is 5.92 Å². The highest BCUT2D eigenvalue weighted by Gasteiger charge is 2.25. The van der Waals surface area contributed by atoms with Gasteiger partial charge in [-0.1, -0.05) is 6.92 Å². The van der Waals surface area contributed by atoms with E-state index in [9.17, 15) is 0 Å². The summed E-state index contributed by atoms with van der Waals surface area (Å²) in [6.45, 7) is 7.90. The van der Waals surface area contributed by atoms with Crippen molar-refractivity contribution >= 4 is 0 Å². The molecule has 0 aromatic rings. The van der Waals surface area contributed by atoms with E-state index in [2.05, 4.69) is 24.2 Å². The molecule has 1 rings (SSSR count). The quantitative estimate of drug-likeness (QED) is 0.661. The summed E-state index contributed by atoms with van der Waals surface area (Å²) < 4.78 is 10.6. The second kappa shape index (κ2) is 8.01. The van der Waals surface area contributed by atoms with Crippen LogP contribution in [0.5, 0.6) is 0 Å². The Hall–Kier alpha value is -0.160. The van der Waals surface area contributed by atoms with E-state index in [1.165, 1.54) is 6.42 Å². The van der Waals surface area contributed by atoms with Crippen LogP contribution < -0.4 is 5.32 Å². The lowest BCUT2D eigenvalue weighted by Gasteiger charge is -2.28. The molecule has 0 saturated carbocycles. The molecule has 2 atom stereocenters. The minimum atomic E-state index is 0.550. The van der Waals surface area contributed by atoms with Crippen molar-refractivity contribution in [2.24, 2.45) is 5.92 Å². The van der Waals surface area contributed by atoms with Gasteiger partial charge >= 0.3 is 0 Å². The van der Waals surface area contributed by atoms with Gasteiger partial charge in [0.05, 0.1) is 13.2 Å². The van der Waals surface area contributed by atoms with Gasteiger partial charge in [0.2, 0.25) is 0 Å². The van der Waals surface area contributed by atoms with Gasteiger partial charge in [0.25, 0.3) is 0 Å². The maximum atomic E-state index is 5.46. The maximum Gasteiger partial charge on any atom is 0.0589 e. The number of hydrogen-bond donors (Lipinski definition) is 1. The van der Waals surface area contributed by atoms with E-state index in [1.54, 1.807) is 7.11 Å². The van der Waals surface area contributed by atoms with Gasteiger partial charge in [-0.3, -0.25) is 0 Å². The highest BCUT2D eigenvalue weighted by molar-refractivity contribution is 4.81. The van der Waals surface area contributed by atoms with Crippen LogP contribution in [0.15, 0.2) is 0 Å². The minimum Gasteiger partial charge on any atom is -0.383 e. The van der Waals surface area contributed by atoms with Crippen LogP contribution in [0.4, 0.5) is 0 Å². The van der Waals surface area contributed by atoms with Gasteiger partial charge in [0.1, 0.15) is 0 Å². The first-order valence-electron chi connectivity index (χ1n) is 6.26. The number of hydrogen-bond acceptors (Lipinski definition) is 4. The fourth-order valence-corrected chi connectivity index (χ4v) is 2.19. The molecule has 16 heavy (non-hydrogen) atoms. The molecule has 1 heterocycles. The predicted molar refractivity (Wildman–Crippen MR) is 65.8 cm³/mol. The van der Waals surface area contributed by atoms with Gasteiger partial charge in [0, 0.05) is 38.8 Å². The molecule has 0 bridgehead atoms. The molecule has 0 amide bonds. The molecule has 1 N–H and O–H groups in total. The Kier molecular flexibility index (Phi) is 6.96. The van der Waals surface area contributed by atoms with Crippen LogP contribution >= 0.6 is 0 Å². The van der Waals surface area contributed by atoms with Crippen molar-refractivity contribution in [2.45, 2.75) is 19.4 Å². The summed E-state index contributed by atoms with van der Waals surface area (Å²) in [5.41, 5.74) is 0. The molecular weight excluding hydrogens is 204 g/mol. The van der Waals surface area contributed by atoms with Gasteiger partial charge in [-0.2, -0.15) is 0 Å². The summed E-state index contributed by atoms with van der Waals surface area (Å²) in [4.78, 5) is 2.33. The van der Waals surface area contributed by atoms with Crippen LogP contribution in [0.1, 0.15) is 13.3 Å². The van der Waals surface area contributed by atoms with Crippen molar-refractivity contribution in [3.8, 4) is 0 Å². The molecule has 0 radical (unpaired) electrons. The third-order valence-electron chi connectivity index (χ3n) is 3.19. The fraction of sp³-hybridized carbons (Fsp3) is 1.00. The molecule has 1 saturated heterocycles. The van der Waals surface area contributed by atoms with Crippen molar-refractivity contribution in [1.82, 2.24) is 10.2 Å². The second-order valence-corrected chi connectivity index (χ2v) is 4.54. The Morgan fingerprint density at radius 2 is 2.38 bits per heavy atom. The van der Waals surface area contributed by atoms with E-state index in [0.29, 0.717) is 12.0 Å². The molecule has 1 aliphatic rings. The van der Waals surface area contributed by atoms with E-state index in [4.69, 9.17) is 9.47 Å². The Bertz CT molecular complexity index is 172. The first kappa shape index (κ1) is 13.9. The minimum absolute atomic E-state index is 0.550. The van der Waals surface area contributed by atoms with Gasteiger partial charge in [-0.05, 0) is 20.0 Å². The van der Waals surface area contributed by atoms with Crippen LogP contribution in [0.25, 0.3) is 0 Å². The van der Waals surface area contributed by atoms with E-state index >= 15 is 0 Å². The first-order valence-corrected chi connectivity index (χ1v) is 6.26. The summed E-state index contributed by atoms with van der Waals surface area (Å²) in [5.74, 6) is 0.671. The first-order chi connectivity index (χ1) is 7.77. The maximum absolute atomic E-state index is 5.46. The van der Waals surface area contributed by atoms with Gasteiger partial charge in [-0.25, -0.2) is 0 Å². The number of ether oxygens (including phenoxy) is 2. The fourth-order valence-electron chi connectivity index (χ4n) is 2.19. The van der Waals surface area contributed by atoms with E-state index in [-0.39, 0.29) is 0 Å². The molecule has 2 unspecified atom stereocenters. The number of rotatable bonds is 8. The lowest BCUT2D eigenvalue weighted by atomic mass is 9.98. The molecule has 0 aliphatic carbocycles. The lowest BCUT2D eigenvalue weighted by molar-refractivity contribution is 0.140. The topological polar surface area (TPSA) is 33.7 Å². The van der Waals surface area contributed by atoms with E-state index in [0.717, 1.165) is 39.5 Å². The zero-order chi connectivity index (χ0) is 11.8. The lowest BCUT2D eigenvalue weighted by Crippen LogP contribution is -2.45. The summed E-state index contributed by atoms with van der Waals surface area (Å²) >= 11 is 0. The molecule has 4 nitrogen and oxygen atoms in total. The van der Waals surface area contributed by atoms with Crippen molar-refractivity contribution in [3.05, 3.63) is 0 Å². The Morgan fingerprint density at radius 3 is 2.94 bits per heavy atom. The Labute approximate surface area is 99.3 Å². The molecule has 1 aliphatic heterocycles. The average Bonchev–Trinajstić information content (AvgIpc) is 2.79. The third kappa shape index (κ3) is 4.78. The van der Waals surface area contributed by atoms with Crippen LogP contribution in [-0.2, 0) is 9.47 Å². The van der Waals surface area contributed by atoms with Crippen molar-refractivity contribution in [1.29, 1.82) is 0 Å². The summed E-state index contributed by atoms with van der Waals surface area (Å²) in [7, 11) is 3.90. The Balaban J connectivity index is 2.31. The van der Waals surface area contributed by atoms with Crippen LogP contribution in [0.2, 0.25) is 0 Å². The SMILES string of the molecule is CCNC(CN(C)CCOC)C1CCOC1. The summed E-state index contributed by atoms with van der Waals surface area (Å²) in [6.07, 6.45) is 1.19. The molecule has 1 fully saturated rings. The second-order valence-electron chi connectivity index (χ2n) is 4.54. The molecule has 0 aromatic heterocycles. The number of methoxy groups -OCH3 is 1. The van der Waals surface area contributed by atoms with Gasteiger partial charge in [-0.15, -0.1) is 0 Å². The van der Waals surface area contributed by atoms with Crippen LogP contribution in [-0.4, -0.2) is 64.6 Å². The van der Waals surface area contributed by atoms with Gasteiger partial charge in [0.15, 0.2) is 0 Å². The molecule has 0 spiro atoms. The van der Waals surface area contributed by atoms with Gasteiger partial charge < -0.3 is 19.7 Å². The monoisotopic (exact) mass is 230 g/mol. The van der Waals surface area contributed by atoms with Crippen LogP contribution in [0.3, 0.4) is 0 Å². The molecule has 96 valence electrons. The number of likely N-dealkylation sites (N-methyl/N-ethyl adjacent to an activating group) is 2. The van der Waals surface area contributed by atoms with Crippen molar-refractivity contribution < 1.29 is 9.47 Å². The molecule has 0 aromatic carbocycles. The number of nitrogens with one attached hydrogen (secondary N) is 1. The predicted octanol–water partition coefficient (Wildman–Crippen LogP) is 0.579.